The lowest BCUT2D eigenvalue weighted by Gasteiger charge is -2.32. The van der Waals surface area contributed by atoms with Crippen molar-refractivity contribution in [3.05, 3.63) is 48.0 Å². The normalized spacial score (nSPS) is 20.1. The Morgan fingerprint density at radius 1 is 1.09 bits per heavy atom. The van der Waals surface area contributed by atoms with Crippen molar-refractivity contribution < 1.29 is 9.53 Å². The molecule has 0 unspecified atom stereocenters. The van der Waals surface area contributed by atoms with Gasteiger partial charge in [0.05, 0.1) is 38.1 Å². The SMILES string of the molecule is C[C@H]1COCCN1CC(=O)Cc1cc2cc(-c3cnn(C)c3CN3CCCCC3)ccc2cn1. The maximum atomic E-state index is 12.7. The van der Waals surface area contributed by atoms with E-state index in [1.54, 1.807) is 0 Å². The van der Waals surface area contributed by atoms with Gasteiger partial charge in [0, 0.05) is 49.0 Å². The number of piperidine rings is 1. The highest BCUT2D eigenvalue weighted by atomic mass is 16.5. The molecule has 0 radical (unpaired) electrons. The van der Waals surface area contributed by atoms with Gasteiger partial charge in [-0.1, -0.05) is 18.6 Å². The van der Waals surface area contributed by atoms with Crippen molar-refractivity contribution in [2.45, 2.75) is 45.2 Å². The minimum Gasteiger partial charge on any atom is -0.379 e. The van der Waals surface area contributed by atoms with Crippen LogP contribution in [0.25, 0.3) is 21.9 Å². The second-order valence-corrected chi connectivity index (χ2v) is 9.81. The summed E-state index contributed by atoms with van der Waals surface area (Å²) in [5.74, 6) is 0.202. The van der Waals surface area contributed by atoms with E-state index in [1.165, 1.54) is 36.1 Å². The zero-order valence-electron chi connectivity index (χ0n) is 20.4. The predicted molar refractivity (Wildman–Crippen MR) is 134 cm³/mol. The van der Waals surface area contributed by atoms with E-state index in [-0.39, 0.29) is 11.8 Å². The number of ketones is 1. The Labute approximate surface area is 201 Å². The molecule has 3 aromatic rings. The van der Waals surface area contributed by atoms with E-state index in [1.807, 2.05) is 24.1 Å². The number of carbonyl (C=O) groups is 1. The average molecular weight is 462 g/mol. The van der Waals surface area contributed by atoms with E-state index < -0.39 is 0 Å². The Morgan fingerprint density at radius 2 is 1.94 bits per heavy atom. The van der Waals surface area contributed by atoms with Crippen LogP contribution in [-0.4, -0.2) is 75.8 Å². The van der Waals surface area contributed by atoms with Gasteiger partial charge in [-0.2, -0.15) is 5.10 Å². The molecule has 0 saturated carbocycles. The fourth-order valence-corrected chi connectivity index (χ4v) is 5.15. The molecule has 0 aliphatic carbocycles. The van der Waals surface area contributed by atoms with E-state index in [4.69, 9.17) is 4.74 Å². The van der Waals surface area contributed by atoms with E-state index in [0.29, 0.717) is 26.2 Å². The highest BCUT2D eigenvalue weighted by Crippen LogP contribution is 2.28. The van der Waals surface area contributed by atoms with Crippen molar-refractivity contribution in [1.82, 2.24) is 24.6 Å². The van der Waals surface area contributed by atoms with Crippen LogP contribution < -0.4 is 0 Å². The number of morpholine rings is 1. The number of rotatable bonds is 7. The van der Waals surface area contributed by atoms with Crippen LogP contribution in [0, 0.1) is 0 Å². The average Bonchev–Trinajstić information content (AvgIpc) is 3.20. The number of nitrogens with zero attached hydrogens (tertiary/aromatic N) is 5. The summed E-state index contributed by atoms with van der Waals surface area (Å²) < 4.78 is 7.50. The molecule has 34 heavy (non-hydrogen) atoms. The van der Waals surface area contributed by atoms with Crippen molar-refractivity contribution >= 4 is 16.6 Å². The van der Waals surface area contributed by atoms with Crippen molar-refractivity contribution in [2.24, 2.45) is 7.05 Å². The number of ether oxygens (including phenoxy) is 1. The summed E-state index contributed by atoms with van der Waals surface area (Å²) in [5.41, 5.74) is 4.43. The quantitative estimate of drug-likeness (QED) is 0.537. The number of fused-ring (bicyclic) bond motifs is 1. The molecule has 7 heteroatoms. The third kappa shape index (κ3) is 5.22. The lowest BCUT2D eigenvalue weighted by molar-refractivity contribution is -0.121. The molecule has 0 bridgehead atoms. The number of likely N-dealkylation sites (tertiary alicyclic amines) is 1. The first-order valence-corrected chi connectivity index (χ1v) is 12.5. The lowest BCUT2D eigenvalue weighted by Crippen LogP contribution is -2.46. The molecule has 0 spiro atoms. The second-order valence-electron chi connectivity index (χ2n) is 9.81. The number of carbonyl (C=O) groups excluding carboxylic acids is 1. The Bertz CT molecular complexity index is 1150. The minimum atomic E-state index is 0.202. The first kappa shape index (κ1) is 23.1. The second kappa shape index (κ2) is 10.3. The molecule has 7 nitrogen and oxygen atoms in total. The van der Waals surface area contributed by atoms with Crippen molar-refractivity contribution in [1.29, 1.82) is 0 Å². The summed E-state index contributed by atoms with van der Waals surface area (Å²) in [6.45, 7) is 8.02. The minimum absolute atomic E-state index is 0.202. The molecule has 2 saturated heterocycles. The molecule has 0 N–H and O–H groups in total. The summed E-state index contributed by atoms with van der Waals surface area (Å²) in [5, 5.41) is 6.78. The van der Waals surface area contributed by atoms with Gasteiger partial charge in [0.1, 0.15) is 0 Å². The monoisotopic (exact) mass is 461 g/mol. The fourth-order valence-electron chi connectivity index (χ4n) is 5.15. The third-order valence-corrected chi connectivity index (χ3v) is 7.24. The Balaban J connectivity index is 1.34. The molecule has 1 atom stereocenters. The van der Waals surface area contributed by atoms with Crippen LogP contribution in [0.1, 0.15) is 37.6 Å². The van der Waals surface area contributed by atoms with Crippen LogP contribution in [0.5, 0.6) is 0 Å². The van der Waals surface area contributed by atoms with Crippen LogP contribution in [0.3, 0.4) is 0 Å². The molecule has 5 rings (SSSR count). The summed E-state index contributed by atoms with van der Waals surface area (Å²) in [7, 11) is 2.03. The van der Waals surface area contributed by atoms with Crippen LogP contribution in [0.4, 0.5) is 0 Å². The van der Waals surface area contributed by atoms with Crippen LogP contribution in [0.15, 0.2) is 36.7 Å². The molecule has 2 fully saturated rings. The van der Waals surface area contributed by atoms with Gasteiger partial charge < -0.3 is 4.74 Å². The van der Waals surface area contributed by atoms with Gasteiger partial charge in [0.15, 0.2) is 5.78 Å². The molecule has 4 heterocycles. The van der Waals surface area contributed by atoms with Gasteiger partial charge >= 0.3 is 0 Å². The van der Waals surface area contributed by atoms with Gasteiger partial charge in [0.25, 0.3) is 0 Å². The maximum Gasteiger partial charge on any atom is 0.152 e. The van der Waals surface area contributed by atoms with Crippen molar-refractivity contribution in [3.8, 4) is 11.1 Å². The van der Waals surface area contributed by atoms with Crippen LogP contribution in [0.2, 0.25) is 0 Å². The first-order valence-electron chi connectivity index (χ1n) is 12.5. The van der Waals surface area contributed by atoms with Gasteiger partial charge in [-0.25, -0.2) is 0 Å². The summed E-state index contributed by atoms with van der Waals surface area (Å²) in [4.78, 5) is 22.1. The number of hydrogen-bond acceptors (Lipinski definition) is 6. The van der Waals surface area contributed by atoms with Crippen LogP contribution in [-0.2, 0) is 29.5 Å². The van der Waals surface area contributed by atoms with E-state index in [2.05, 4.69) is 51.1 Å². The summed E-state index contributed by atoms with van der Waals surface area (Å²) >= 11 is 0. The molecule has 180 valence electrons. The topological polar surface area (TPSA) is 63.5 Å². The summed E-state index contributed by atoms with van der Waals surface area (Å²) in [6, 6.07) is 8.84. The Hall–Kier alpha value is -2.61. The van der Waals surface area contributed by atoms with E-state index >= 15 is 0 Å². The third-order valence-electron chi connectivity index (χ3n) is 7.24. The number of aryl methyl sites for hydroxylation is 1. The number of pyridine rings is 1. The number of hydrogen-bond donors (Lipinski definition) is 0. The molecular formula is C27H35N5O2. The highest BCUT2D eigenvalue weighted by molar-refractivity contribution is 5.89. The van der Waals surface area contributed by atoms with Gasteiger partial charge in [0.2, 0.25) is 0 Å². The molecule has 0 amide bonds. The van der Waals surface area contributed by atoms with Gasteiger partial charge in [-0.05, 0) is 55.9 Å². The smallest absolute Gasteiger partial charge is 0.152 e. The predicted octanol–water partition coefficient (Wildman–Crippen LogP) is 3.45. The van der Waals surface area contributed by atoms with Gasteiger partial charge in [-0.3, -0.25) is 24.3 Å². The first-order chi connectivity index (χ1) is 16.6. The lowest BCUT2D eigenvalue weighted by atomic mass is 10.0. The molecule has 2 aliphatic heterocycles. The highest BCUT2D eigenvalue weighted by Gasteiger charge is 2.21. The zero-order valence-corrected chi connectivity index (χ0v) is 20.4. The number of benzene rings is 1. The molecule has 1 aromatic carbocycles. The fraction of sp³-hybridized carbons (Fsp3) is 0.519. The standard InChI is InChI=1S/C27H35N5O2/c1-20-19-34-11-10-32(20)17-25(33)14-24-13-23-12-21(6-7-22(23)15-28-24)26-16-29-30(2)27(26)18-31-8-4-3-5-9-31/h6-7,12-13,15-16,20H,3-5,8-11,14,17-19H2,1-2H3/t20-/m0/s1. The summed E-state index contributed by atoms with van der Waals surface area (Å²) in [6.07, 6.45) is 8.12. The van der Waals surface area contributed by atoms with Crippen molar-refractivity contribution in [2.75, 3.05) is 39.4 Å². The molecule has 2 aliphatic rings. The maximum absolute atomic E-state index is 12.7. The van der Waals surface area contributed by atoms with Crippen molar-refractivity contribution in [3.63, 3.8) is 0 Å². The van der Waals surface area contributed by atoms with Gasteiger partial charge in [-0.15, -0.1) is 0 Å². The van der Waals surface area contributed by atoms with Crippen LogP contribution >= 0.6 is 0 Å². The number of Topliss-reactive ketones (excluding diaryl/α,β-unsaturated/α-hetero) is 1. The Kier molecular flexibility index (Phi) is 7.04. The molecular weight excluding hydrogens is 426 g/mol. The largest absolute Gasteiger partial charge is 0.379 e. The number of aromatic nitrogens is 3. The zero-order chi connectivity index (χ0) is 23.5. The Morgan fingerprint density at radius 3 is 2.76 bits per heavy atom. The molecule has 2 aromatic heterocycles. The van der Waals surface area contributed by atoms with E-state index in [0.717, 1.165) is 42.6 Å². The van der Waals surface area contributed by atoms with E-state index in [9.17, 15) is 4.79 Å².